The standard InChI is InChI=1S/C23H36N2O6S2Si/c1-8-12-30-21(29)24-11-10-14(13-24)32-20-16(19(27)28)25-17(26)15(18(25)33-20)23(9-2,22(3,4)5)31-34(6)7/h8,14-15,18,34H,1,9-13H2,2-7H3,(H,27,28)/t14-,15+,18+,23-/m0/s1. The lowest BCUT2D eigenvalue weighted by atomic mass is 9.64. The number of hydrogen-bond donors (Lipinski definition) is 1. The molecule has 8 nitrogen and oxygen atoms in total. The van der Waals surface area contributed by atoms with Crippen LogP contribution in [0.3, 0.4) is 0 Å². The summed E-state index contributed by atoms with van der Waals surface area (Å²) in [6.45, 7) is 17.3. The molecule has 1 N–H and O–H groups in total. The Morgan fingerprint density at radius 2 is 2.03 bits per heavy atom. The summed E-state index contributed by atoms with van der Waals surface area (Å²) >= 11 is 2.91. The molecule has 2 fully saturated rings. The molecule has 0 saturated carbocycles. The maximum absolute atomic E-state index is 13.5. The van der Waals surface area contributed by atoms with E-state index in [1.807, 2.05) is 0 Å². The molecule has 2 saturated heterocycles. The molecular weight excluding hydrogens is 492 g/mol. The zero-order valence-electron chi connectivity index (χ0n) is 20.8. The van der Waals surface area contributed by atoms with E-state index >= 15 is 0 Å². The van der Waals surface area contributed by atoms with Gasteiger partial charge in [0.2, 0.25) is 5.91 Å². The molecular formula is C23H36N2O6S2Si. The summed E-state index contributed by atoms with van der Waals surface area (Å²) in [6.07, 6.45) is 2.55. The molecule has 3 aliphatic heterocycles. The molecule has 0 aromatic rings. The maximum Gasteiger partial charge on any atom is 0.410 e. The van der Waals surface area contributed by atoms with Crippen LogP contribution in [0.2, 0.25) is 13.1 Å². The van der Waals surface area contributed by atoms with Crippen LogP contribution in [0.25, 0.3) is 0 Å². The summed E-state index contributed by atoms with van der Waals surface area (Å²) in [6, 6.07) is 0. The van der Waals surface area contributed by atoms with Crippen molar-refractivity contribution in [1.29, 1.82) is 0 Å². The van der Waals surface area contributed by atoms with E-state index in [1.165, 1.54) is 34.5 Å². The van der Waals surface area contributed by atoms with E-state index in [2.05, 4.69) is 47.4 Å². The molecule has 34 heavy (non-hydrogen) atoms. The van der Waals surface area contributed by atoms with Crippen molar-refractivity contribution in [3.63, 3.8) is 0 Å². The van der Waals surface area contributed by atoms with Gasteiger partial charge in [-0.15, -0.1) is 11.8 Å². The van der Waals surface area contributed by atoms with E-state index in [9.17, 15) is 19.5 Å². The first-order valence-electron chi connectivity index (χ1n) is 11.7. The number of carboxylic acids is 1. The summed E-state index contributed by atoms with van der Waals surface area (Å²) in [5, 5.41) is 9.74. The summed E-state index contributed by atoms with van der Waals surface area (Å²) < 4.78 is 12.4. The number of likely N-dealkylation sites (tertiary alicyclic amines) is 1. The highest BCUT2D eigenvalue weighted by molar-refractivity contribution is 8.23. The van der Waals surface area contributed by atoms with Gasteiger partial charge in [-0.25, -0.2) is 9.59 Å². The summed E-state index contributed by atoms with van der Waals surface area (Å²) in [4.78, 5) is 40.9. The molecule has 11 heteroatoms. The van der Waals surface area contributed by atoms with Crippen LogP contribution in [0.5, 0.6) is 0 Å². The van der Waals surface area contributed by atoms with Gasteiger partial charge in [0.1, 0.15) is 12.0 Å². The molecule has 0 aromatic heterocycles. The predicted octanol–water partition coefficient (Wildman–Crippen LogP) is 4.10. The lowest BCUT2D eigenvalue weighted by Gasteiger charge is -2.57. The van der Waals surface area contributed by atoms with Gasteiger partial charge >= 0.3 is 12.1 Å². The van der Waals surface area contributed by atoms with Crippen LogP contribution in [0, 0.1) is 11.3 Å². The van der Waals surface area contributed by atoms with Crippen molar-refractivity contribution in [2.45, 2.75) is 69.9 Å². The van der Waals surface area contributed by atoms with Gasteiger partial charge in [-0.1, -0.05) is 52.1 Å². The van der Waals surface area contributed by atoms with E-state index in [4.69, 9.17) is 9.16 Å². The number of hydrogen-bond acceptors (Lipinski definition) is 7. The van der Waals surface area contributed by atoms with Gasteiger partial charge in [-0.2, -0.15) is 0 Å². The predicted molar refractivity (Wildman–Crippen MR) is 138 cm³/mol. The van der Waals surface area contributed by atoms with Gasteiger partial charge in [0.25, 0.3) is 0 Å². The Kier molecular flexibility index (Phi) is 8.21. The summed E-state index contributed by atoms with van der Waals surface area (Å²) in [5.74, 6) is -1.67. The third-order valence-electron chi connectivity index (χ3n) is 6.65. The minimum absolute atomic E-state index is 0.0400. The lowest BCUT2D eigenvalue weighted by Crippen LogP contribution is -2.70. The molecule has 4 atom stereocenters. The Morgan fingerprint density at radius 3 is 2.56 bits per heavy atom. The van der Waals surface area contributed by atoms with Gasteiger partial charge in [-0.3, -0.25) is 9.69 Å². The van der Waals surface area contributed by atoms with Crippen molar-refractivity contribution in [3.05, 3.63) is 22.6 Å². The van der Waals surface area contributed by atoms with Gasteiger partial charge < -0.3 is 19.2 Å². The van der Waals surface area contributed by atoms with Crippen molar-refractivity contribution in [2.24, 2.45) is 11.3 Å². The maximum atomic E-state index is 13.5. The molecule has 3 rings (SSSR count). The average Bonchev–Trinajstić information content (AvgIpc) is 3.33. The van der Waals surface area contributed by atoms with E-state index < -0.39 is 26.5 Å². The third kappa shape index (κ3) is 4.81. The summed E-state index contributed by atoms with van der Waals surface area (Å²) in [7, 11) is -1.49. The van der Waals surface area contributed by atoms with Crippen molar-refractivity contribution < 1.29 is 28.7 Å². The molecule has 3 heterocycles. The van der Waals surface area contributed by atoms with Crippen molar-refractivity contribution in [1.82, 2.24) is 9.80 Å². The van der Waals surface area contributed by atoms with E-state index in [-0.39, 0.29) is 40.3 Å². The Labute approximate surface area is 212 Å². The minimum Gasteiger partial charge on any atom is -0.477 e. The Hall–Kier alpha value is -1.43. The Balaban J connectivity index is 1.80. The van der Waals surface area contributed by atoms with Crippen LogP contribution in [0.4, 0.5) is 4.79 Å². The number of nitrogens with zero attached hydrogens (tertiary/aromatic N) is 2. The van der Waals surface area contributed by atoms with Crippen LogP contribution in [0.1, 0.15) is 40.5 Å². The van der Waals surface area contributed by atoms with Crippen LogP contribution in [0.15, 0.2) is 22.6 Å². The van der Waals surface area contributed by atoms with Crippen molar-refractivity contribution in [3.8, 4) is 0 Å². The smallest absolute Gasteiger partial charge is 0.410 e. The zero-order chi connectivity index (χ0) is 25.4. The van der Waals surface area contributed by atoms with Gasteiger partial charge in [-0.05, 0) is 31.4 Å². The van der Waals surface area contributed by atoms with Gasteiger partial charge in [0.05, 0.1) is 15.8 Å². The van der Waals surface area contributed by atoms with Crippen molar-refractivity contribution in [2.75, 3.05) is 19.7 Å². The largest absolute Gasteiger partial charge is 0.477 e. The monoisotopic (exact) mass is 528 g/mol. The molecule has 0 spiro atoms. The summed E-state index contributed by atoms with van der Waals surface area (Å²) in [5.41, 5.74) is -0.876. The molecule has 0 aliphatic carbocycles. The second-order valence-corrected chi connectivity index (χ2v) is 15.2. The number of amides is 2. The first kappa shape index (κ1) is 27.2. The number of thioether (sulfide) groups is 2. The molecule has 0 aromatic carbocycles. The quantitative estimate of drug-likeness (QED) is 0.272. The number of carbonyl (C=O) groups is 3. The van der Waals surface area contributed by atoms with E-state index in [1.54, 1.807) is 4.90 Å². The highest BCUT2D eigenvalue weighted by atomic mass is 32.2. The molecule has 190 valence electrons. The molecule has 3 aliphatic rings. The first-order chi connectivity index (χ1) is 15.9. The molecule has 0 bridgehead atoms. The number of carboxylic acid groups (broad SMARTS) is 1. The Bertz CT molecular complexity index is 889. The third-order valence-corrected chi connectivity index (χ3v) is 10.4. The van der Waals surface area contributed by atoms with Crippen LogP contribution < -0.4 is 0 Å². The second kappa shape index (κ2) is 10.3. The number of ether oxygens (including phenoxy) is 1. The van der Waals surface area contributed by atoms with Gasteiger partial charge in [0.15, 0.2) is 14.7 Å². The number of carbonyl (C=O) groups excluding carboxylic acids is 2. The van der Waals surface area contributed by atoms with E-state index in [0.717, 1.165) is 6.42 Å². The molecule has 0 radical (unpaired) electrons. The Morgan fingerprint density at radius 1 is 1.35 bits per heavy atom. The fourth-order valence-electron chi connectivity index (χ4n) is 5.12. The topological polar surface area (TPSA) is 96.4 Å². The SMILES string of the molecule is C=CCOC(=O)N1CC[C@H](SC2=C(C(=O)O)N3C(=O)[C@@H]([C@](CC)(O[SiH](C)C)C(C)(C)C)[C@H]3S2)C1. The van der Waals surface area contributed by atoms with Crippen LogP contribution >= 0.6 is 23.5 Å². The molecule has 0 unspecified atom stereocenters. The van der Waals surface area contributed by atoms with Gasteiger partial charge in [0, 0.05) is 18.3 Å². The average molecular weight is 529 g/mol. The van der Waals surface area contributed by atoms with E-state index in [0.29, 0.717) is 23.7 Å². The highest BCUT2D eigenvalue weighted by Gasteiger charge is 2.66. The van der Waals surface area contributed by atoms with Crippen molar-refractivity contribution >= 4 is 50.5 Å². The number of fused-ring (bicyclic) bond motifs is 1. The lowest BCUT2D eigenvalue weighted by molar-refractivity contribution is -0.177. The molecule has 2 amide bonds. The fraction of sp³-hybridized carbons (Fsp3) is 0.696. The highest BCUT2D eigenvalue weighted by Crippen LogP contribution is 2.60. The van der Waals surface area contributed by atoms with Crippen LogP contribution in [-0.4, -0.2) is 77.8 Å². The van der Waals surface area contributed by atoms with Crippen LogP contribution in [-0.2, 0) is 18.8 Å². The number of β-lactam (4-membered cyclic amide) rings is 1. The number of aliphatic carboxylic acids is 1. The second-order valence-electron chi connectivity index (χ2n) is 10.1. The minimum atomic E-state index is -1.49. The first-order valence-corrected chi connectivity index (χ1v) is 16.3. The normalized spacial score (nSPS) is 26.4. The fourth-order valence-corrected chi connectivity index (χ4v) is 9.94. The number of rotatable bonds is 9. The zero-order valence-corrected chi connectivity index (χ0v) is 23.6.